The molecule has 1 aliphatic heterocycles. The van der Waals surface area contributed by atoms with Crippen molar-refractivity contribution in [1.82, 2.24) is 10.6 Å². The van der Waals surface area contributed by atoms with Crippen LogP contribution in [0.4, 0.5) is 0 Å². The van der Waals surface area contributed by atoms with Crippen molar-refractivity contribution in [2.24, 2.45) is 5.92 Å². The van der Waals surface area contributed by atoms with Crippen LogP contribution in [-0.4, -0.2) is 35.6 Å². The summed E-state index contributed by atoms with van der Waals surface area (Å²) >= 11 is 0. The van der Waals surface area contributed by atoms with E-state index in [1.54, 1.807) is 0 Å². The van der Waals surface area contributed by atoms with Gasteiger partial charge in [0.1, 0.15) is 5.54 Å². The summed E-state index contributed by atoms with van der Waals surface area (Å²) in [6, 6.07) is 0. The monoisotopic (exact) mass is 214 g/mol. The molecule has 15 heavy (non-hydrogen) atoms. The molecule has 1 amide bonds. The van der Waals surface area contributed by atoms with Gasteiger partial charge in [0.05, 0.1) is 0 Å². The maximum atomic E-state index is 11.3. The molecule has 2 atom stereocenters. The number of rotatable bonds is 3. The number of carboxylic acids is 1. The Morgan fingerprint density at radius 3 is 2.73 bits per heavy atom. The molecule has 2 unspecified atom stereocenters. The van der Waals surface area contributed by atoms with Gasteiger partial charge >= 0.3 is 5.97 Å². The lowest BCUT2D eigenvalue weighted by molar-refractivity contribution is -0.151. The molecule has 1 rings (SSSR count). The van der Waals surface area contributed by atoms with Gasteiger partial charge in [-0.3, -0.25) is 4.79 Å². The molecule has 0 radical (unpaired) electrons. The highest BCUT2D eigenvalue weighted by molar-refractivity contribution is 5.86. The van der Waals surface area contributed by atoms with Crippen LogP contribution in [-0.2, 0) is 9.59 Å². The molecule has 3 N–H and O–H groups in total. The minimum absolute atomic E-state index is 0.0485. The molecule has 0 bridgehead atoms. The van der Waals surface area contributed by atoms with E-state index in [2.05, 4.69) is 10.6 Å². The Morgan fingerprint density at radius 2 is 2.27 bits per heavy atom. The zero-order chi connectivity index (χ0) is 11.5. The second kappa shape index (κ2) is 4.61. The molecule has 0 aliphatic carbocycles. The van der Waals surface area contributed by atoms with Crippen LogP contribution in [0.15, 0.2) is 0 Å². The first-order valence-corrected chi connectivity index (χ1v) is 5.25. The van der Waals surface area contributed by atoms with Crippen LogP contribution in [0.1, 0.15) is 26.7 Å². The summed E-state index contributed by atoms with van der Waals surface area (Å²) in [5, 5.41) is 15.1. The van der Waals surface area contributed by atoms with Crippen molar-refractivity contribution >= 4 is 11.9 Å². The minimum atomic E-state index is -1.08. The number of carboxylic acid groups (broad SMARTS) is 1. The summed E-state index contributed by atoms with van der Waals surface area (Å²) in [6.07, 6.45) is 1.18. The molecule has 86 valence electrons. The van der Waals surface area contributed by atoms with Crippen molar-refractivity contribution in [1.29, 1.82) is 0 Å². The highest BCUT2D eigenvalue weighted by Gasteiger charge is 2.47. The molecule has 0 spiro atoms. The molecule has 1 fully saturated rings. The van der Waals surface area contributed by atoms with E-state index in [4.69, 9.17) is 0 Å². The summed E-state index contributed by atoms with van der Waals surface area (Å²) in [7, 11) is 0. The van der Waals surface area contributed by atoms with Gasteiger partial charge < -0.3 is 15.7 Å². The third-order valence-electron chi connectivity index (χ3n) is 3.06. The fourth-order valence-corrected chi connectivity index (χ4v) is 2.25. The van der Waals surface area contributed by atoms with Crippen molar-refractivity contribution in [3.8, 4) is 0 Å². The molecular weight excluding hydrogens is 196 g/mol. The van der Waals surface area contributed by atoms with E-state index in [0.717, 1.165) is 6.42 Å². The number of carbonyl (C=O) groups is 2. The predicted octanol–water partition coefficient (Wildman–Crippen LogP) is -0.0346. The van der Waals surface area contributed by atoms with Crippen molar-refractivity contribution in [2.75, 3.05) is 13.1 Å². The van der Waals surface area contributed by atoms with Crippen LogP contribution < -0.4 is 10.6 Å². The van der Waals surface area contributed by atoms with Crippen LogP contribution in [0, 0.1) is 5.92 Å². The largest absolute Gasteiger partial charge is 0.479 e. The summed E-state index contributed by atoms with van der Waals surface area (Å²) in [5.41, 5.74) is -1.08. The zero-order valence-electron chi connectivity index (χ0n) is 9.17. The summed E-state index contributed by atoms with van der Waals surface area (Å²) in [6.45, 7) is 4.57. The van der Waals surface area contributed by atoms with Gasteiger partial charge in [-0.2, -0.15) is 0 Å². The Labute approximate surface area is 89.2 Å². The van der Waals surface area contributed by atoms with Crippen molar-refractivity contribution in [3.05, 3.63) is 0 Å². The second-order valence-corrected chi connectivity index (χ2v) is 4.02. The fraction of sp³-hybridized carbons (Fsp3) is 0.800. The predicted molar refractivity (Wildman–Crippen MR) is 55.5 cm³/mol. The average molecular weight is 214 g/mol. The van der Waals surface area contributed by atoms with E-state index in [1.165, 1.54) is 6.92 Å². The normalized spacial score (nSPS) is 30.9. The van der Waals surface area contributed by atoms with Crippen LogP contribution in [0.3, 0.4) is 0 Å². The van der Waals surface area contributed by atoms with Gasteiger partial charge in [-0.05, 0) is 19.4 Å². The van der Waals surface area contributed by atoms with Gasteiger partial charge in [-0.25, -0.2) is 4.79 Å². The molecule has 1 saturated heterocycles. The van der Waals surface area contributed by atoms with Gasteiger partial charge in [0, 0.05) is 19.4 Å². The van der Waals surface area contributed by atoms with E-state index < -0.39 is 11.5 Å². The molecule has 5 nitrogen and oxygen atoms in total. The molecule has 0 aromatic rings. The topological polar surface area (TPSA) is 78.4 Å². The lowest BCUT2D eigenvalue weighted by atomic mass is 9.77. The van der Waals surface area contributed by atoms with E-state index in [-0.39, 0.29) is 11.8 Å². The van der Waals surface area contributed by atoms with Gasteiger partial charge in [-0.1, -0.05) is 6.92 Å². The average Bonchev–Trinajstić information content (AvgIpc) is 2.17. The number of carbonyl (C=O) groups excluding carboxylic acids is 1. The Bertz CT molecular complexity index is 267. The Balaban J connectivity index is 2.94. The first kappa shape index (κ1) is 12.0. The summed E-state index contributed by atoms with van der Waals surface area (Å²) in [4.78, 5) is 22.4. The smallest absolute Gasteiger partial charge is 0.329 e. The number of piperidine rings is 1. The Kier molecular flexibility index (Phi) is 3.68. The number of aliphatic carboxylic acids is 1. The fourth-order valence-electron chi connectivity index (χ4n) is 2.25. The molecule has 0 aromatic heterocycles. The first-order chi connectivity index (χ1) is 7.03. The molecular formula is C10H18N2O3. The highest BCUT2D eigenvalue weighted by atomic mass is 16.4. The van der Waals surface area contributed by atoms with Crippen LogP contribution in [0.25, 0.3) is 0 Å². The number of hydrogen-bond donors (Lipinski definition) is 3. The molecule has 1 heterocycles. The van der Waals surface area contributed by atoms with E-state index >= 15 is 0 Å². The maximum Gasteiger partial charge on any atom is 0.329 e. The van der Waals surface area contributed by atoms with Crippen molar-refractivity contribution < 1.29 is 14.7 Å². The van der Waals surface area contributed by atoms with E-state index in [0.29, 0.717) is 19.5 Å². The van der Waals surface area contributed by atoms with Crippen molar-refractivity contribution in [2.45, 2.75) is 32.2 Å². The minimum Gasteiger partial charge on any atom is -0.479 e. The van der Waals surface area contributed by atoms with Gasteiger partial charge in [-0.15, -0.1) is 0 Å². The van der Waals surface area contributed by atoms with E-state index in [9.17, 15) is 14.7 Å². The SMILES string of the molecule is CCC1CNCCC1(NC(C)=O)C(=O)O. The summed E-state index contributed by atoms with van der Waals surface area (Å²) in [5.74, 6) is -1.25. The standard InChI is InChI=1S/C10H18N2O3/c1-3-8-6-11-5-4-10(8,9(14)15)12-7(2)13/h8,11H,3-6H2,1-2H3,(H,12,13)(H,14,15). The Hall–Kier alpha value is -1.10. The Morgan fingerprint density at radius 1 is 1.60 bits per heavy atom. The molecule has 1 aliphatic rings. The van der Waals surface area contributed by atoms with Crippen molar-refractivity contribution in [3.63, 3.8) is 0 Å². The third kappa shape index (κ3) is 2.28. The number of amides is 1. The van der Waals surface area contributed by atoms with Gasteiger partial charge in [0.25, 0.3) is 0 Å². The van der Waals surface area contributed by atoms with E-state index in [1.807, 2.05) is 6.92 Å². The van der Waals surface area contributed by atoms with Gasteiger partial charge in [0.15, 0.2) is 0 Å². The number of hydrogen-bond acceptors (Lipinski definition) is 3. The van der Waals surface area contributed by atoms with Gasteiger partial charge in [0.2, 0.25) is 5.91 Å². The third-order valence-corrected chi connectivity index (χ3v) is 3.06. The first-order valence-electron chi connectivity index (χ1n) is 5.25. The van der Waals surface area contributed by atoms with Crippen LogP contribution in [0.2, 0.25) is 0 Å². The highest BCUT2D eigenvalue weighted by Crippen LogP contribution is 2.27. The number of nitrogens with one attached hydrogen (secondary N) is 2. The maximum absolute atomic E-state index is 11.3. The lowest BCUT2D eigenvalue weighted by Gasteiger charge is -2.41. The summed E-state index contributed by atoms with van der Waals surface area (Å²) < 4.78 is 0. The van der Waals surface area contributed by atoms with Crippen LogP contribution >= 0.6 is 0 Å². The molecule has 5 heteroatoms. The quantitative estimate of drug-likeness (QED) is 0.616. The molecule has 0 aromatic carbocycles. The van der Waals surface area contributed by atoms with Crippen LogP contribution in [0.5, 0.6) is 0 Å². The molecule has 0 saturated carbocycles. The second-order valence-electron chi connectivity index (χ2n) is 4.02. The lowest BCUT2D eigenvalue weighted by Crippen LogP contribution is -2.64. The zero-order valence-corrected chi connectivity index (χ0v) is 9.17.